The third-order valence-electron chi connectivity index (χ3n) is 4.66. The lowest BCUT2D eigenvalue weighted by atomic mass is 9.78. The van der Waals surface area contributed by atoms with E-state index in [9.17, 15) is 14.7 Å². The number of carbonyl (C=O) groups is 2. The molecule has 0 aromatic heterocycles. The van der Waals surface area contributed by atoms with Crippen LogP contribution in [-0.4, -0.2) is 37.2 Å². The standard InChI is InChI=1S/C19H27NO5/c1-3-25-17-12-13(8-9-16(17)24-2)10-11-20-18(21)14-6-4-5-7-15(14)19(22)23/h8-9,12,14-15H,3-7,10-11H2,1-2H3,(H,20,21)(H,22,23). The van der Waals surface area contributed by atoms with Gasteiger partial charge in [-0.05, 0) is 43.9 Å². The monoisotopic (exact) mass is 349 g/mol. The maximum absolute atomic E-state index is 12.4. The number of amides is 1. The van der Waals surface area contributed by atoms with E-state index in [4.69, 9.17) is 9.47 Å². The quantitative estimate of drug-likeness (QED) is 0.754. The van der Waals surface area contributed by atoms with Gasteiger partial charge in [-0.25, -0.2) is 0 Å². The van der Waals surface area contributed by atoms with E-state index in [0.717, 1.165) is 18.4 Å². The maximum atomic E-state index is 12.4. The largest absolute Gasteiger partial charge is 0.493 e. The number of carbonyl (C=O) groups excluding carboxylic acids is 1. The van der Waals surface area contributed by atoms with Crippen molar-refractivity contribution in [3.05, 3.63) is 23.8 Å². The molecule has 2 N–H and O–H groups in total. The fourth-order valence-corrected chi connectivity index (χ4v) is 3.35. The van der Waals surface area contributed by atoms with Gasteiger partial charge in [0.25, 0.3) is 0 Å². The highest BCUT2D eigenvalue weighted by Crippen LogP contribution is 2.30. The van der Waals surface area contributed by atoms with Crippen molar-refractivity contribution in [2.75, 3.05) is 20.3 Å². The summed E-state index contributed by atoms with van der Waals surface area (Å²) in [6.45, 7) is 2.93. The Morgan fingerprint density at radius 2 is 1.92 bits per heavy atom. The van der Waals surface area contributed by atoms with Crippen molar-refractivity contribution in [2.45, 2.75) is 39.0 Å². The first-order valence-corrected chi connectivity index (χ1v) is 8.87. The summed E-state index contributed by atoms with van der Waals surface area (Å²) in [5, 5.41) is 12.2. The molecule has 0 spiro atoms. The third-order valence-corrected chi connectivity index (χ3v) is 4.66. The lowest BCUT2D eigenvalue weighted by Crippen LogP contribution is -2.40. The van der Waals surface area contributed by atoms with E-state index in [0.29, 0.717) is 43.9 Å². The van der Waals surface area contributed by atoms with Crippen LogP contribution in [0.2, 0.25) is 0 Å². The molecule has 0 radical (unpaired) electrons. The van der Waals surface area contributed by atoms with Crippen molar-refractivity contribution >= 4 is 11.9 Å². The number of ether oxygens (including phenoxy) is 2. The Bertz CT molecular complexity index is 601. The molecule has 1 fully saturated rings. The molecule has 138 valence electrons. The fraction of sp³-hybridized carbons (Fsp3) is 0.579. The number of hydrogen-bond acceptors (Lipinski definition) is 4. The molecule has 1 aromatic rings. The van der Waals surface area contributed by atoms with E-state index in [2.05, 4.69) is 5.32 Å². The van der Waals surface area contributed by atoms with E-state index in [-0.39, 0.29) is 5.91 Å². The molecule has 2 unspecified atom stereocenters. The van der Waals surface area contributed by atoms with Gasteiger partial charge < -0.3 is 19.9 Å². The average Bonchev–Trinajstić information content (AvgIpc) is 2.62. The lowest BCUT2D eigenvalue weighted by Gasteiger charge is -2.27. The SMILES string of the molecule is CCOc1cc(CCNC(=O)C2CCCCC2C(=O)O)ccc1OC. The first-order valence-electron chi connectivity index (χ1n) is 8.87. The van der Waals surface area contributed by atoms with Crippen LogP contribution < -0.4 is 14.8 Å². The molecule has 2 atom stereocenters. The van der Waals surface area contributed by atoms with Crippen molar-refractivity contribution in [1.82, 2.24) is 5.32 Å². The Hall–Kier alpha value is -2.24. The second-order valence-electron chi connectivity index (χ2n) is 6.29. The van der Waals surface area contributed by atoms with Gasteiger partial charge in [-0.2, -0.15) is 0 Å². The van der Waals surface area contributed by atoms with Gasteiger partial charge in [0.2, 0.25) is 5.91 Å². The van der Waals surface area contributed by atoms with Gasteiger partial charge in [0.15, 0.2) is 11.5 Å². The van der Waals surface area contributed by atoms with Gasteiger partial charge >= 0.3 is 5.97 Å². The third kappa shape index (κ3) is 5.11. The minimum absolute atomic E-state index is 0.148. The maximum Gasteiger partial charge on any atom is 0.307 e. The number of carboxylic acid groups (broad SMARTS) is 1. The summed E-state index contributed by atoms with van der Waals surface area (Å²) < 4.78 is 10.8. The van der Waals surface area contributed by atoms with Crippen molar-refractivity contribution < 1.29 is 24.2 Å². The summed E-state index contributed by atoms with van der Waals surface area (Å²) in [6, 6.07) is 5.70. The van der Waals surface area contributed by atoms with Crippen molar-refractivity contribution in [1.29, 1.82) is 0 Å². The highest BCUT2D eigenvalue weighted by atomic mass is 16.5. The van der Waals surface area contributed by atoms with E-state index in [1.54, 1.807) is 7.11 Å². The van der Waals surface area contributed by atoms with Crippen LogP contribution in [0.1, 0.15) is 38.2 Å². The second kappa shape index (κ2) is 9.30. The molecule has 6 nitrogen and oxygen atoms in total. The Balaban J connectivity index is 1.90. The zero-order chi connectivity index (χ0) is 18.2. The molecule has 1 amide bonds. The molecule has 25 heavy (non-hydrogen) atoms. The summed E-state index contributed by atoms with van der Waals surface area (Å²) in [5.41, 5.74) is 1.03. The highest BCUT2D eigenvalue weighted by Gasteiger charge is 2.35. The molecule has 0 saturated heterocycles. The molecule has 0 heterocycles. The predicted octanol–water partition coefficient (Wildman–Crippen LogP) is 2.64. The van der Waals surface area contributed by atoms with E-state index >= 15 is 0 Å². The number of hydrogen-bond donors (Lipinski definition) is 2. The number of carboxylic acids is 1. The Morgan fingerprint density at radius 1 is 1.20 bits per heavy atom. The lowest BCUT2D eigenvalue weighted by molar-refractivity contribution is -0.148. The summed E-state index contributed by atoms with van der Waals surface area (Å²) in [7, 11) is 1.60. The Kier molecular flexibility index (Phi) is 7.10. The summed E-state index contributed by atoms with van der Waals surface area (Å²) in [4.78, 5) is 23.7. The smallest absolute Gasteiger partial charge is 0.307 e. The van der Waals surface area contributed by atoms with E-state index < -0.39 is 17.8 Å². The van der Waals surface area contributed by atoms with Crippen LogP contribution in [-0.2, 0) is 16.0 Å². The Labute approximate surface area is 148 Å². The fourth-order valence-electron chi connectivity index (χ4n) is 3.35. The summed E-state index contributed by atoms with van der Waals surface area (Å²) >= 11 is 0. The first kappa shape index (κ1) is 19.1. The van der Waals surface area contributed by atoms with Crippen LogP contribution in [0.15, 0.2) is 18.2 Å². The van der Waals surface area contributed by atoms with Gasteiger partial charge in [-0.1, -0.05) is 18.9 Å². The minimum atomic E-state index is -0.864. The molecule has 6 heteroatoms. The Morgan fingerprint density at radius 3 is 2.56 bits per heavy atom. The summed E-state index contributed by atoms with van der Waals surface area (Å²) in [5.74, 6) is -0.615. The van der Waals surface area contributed by atoms with Crippen molar-refractivity contribution in [3.63, 3.8) is 0 Å². The van der Waals surface area contributed by atoms with Crippen LogP contribution in [0.4, 0.5) is 0 Å². The van der Waals surface area contributed by atoms with Gasteiger partial charge in [0.1, 0.15) is 0 Å². The van der Waals surface area contributed by atoms with Gasteiger partial charge in [-0.3, -0.25) is 9.59 Å². The number of benzene rings is 1. The predicted molar refractivity (Wildman–Crippen MR) is 94.0 cm³/mol. The molecule has 2 rings (SSSR count). The first-order chi connectivity index (χ1) is 12.1. The molecular weight excluding hydrogens is 322 g/mol. The summed E-state index contributed by atoms with van der Waals surface area (Å²) in [6.07, 6.45) is 3.69. The van der Waals surface area contributed by atoms with Crippen LogP contribution in [0.25, 0.3) is 0 Å². The molecule has 1 saturated carbocycles. The van der Waals surface area contributed by atoms with Gasteiger partial charge in [-0.15, -0.1) is 0 Å². The number of aliphatic carboxylic acids is 1. The normalized spacial score (nSPS) is 19.9. The molecule has 1 aromatic carbocycles. The average molecular weight is 349 g/mol. The zero-order valence-electron chi connectivity index (χ0n) is 14.9. The van der Waals surface area contributed by atoms with E-state index in [1.165, 1.54) is 0 Å². The molecule has 1 aliphatic rings. The topological polar surface area (TPSA) is 84.9 Å². The molecule has 0 aliphatic heterocycles. The minimum Gasteiger partial charge on any atom is -0.493 e. The molecular formula is C19H27NO5. The van der Waals surface area contributed by atoms with E-state index in [1.807, 2.05) is 25.1 Å². The zero-order valence-corrected chi connectivity index (χ0v) is 14.9. The van der Waals surface area contributed by atoms with Crippen LogP contribution in [0.5, 0.6) is 11.5 Å². The van der Waals surface area contributed by atoms with Crippen LogP contribution in [0.3, 0.4) is 0 Å². The highest BCUT2D eigenvalue weighted by molar-refractivity contribution is 5.84. The molecule has 0 bridgehead atoms. The van der Waals surface area contributed by atoms with Crippen LogP contribution >= 0.6 is 0 Å². The molecule has 1 aliphatic carbocycles. The number of nitrogens with one attached hydrogen (secondary N) is 1. The number of methoxy groups -OCH3 is 1. The van der Waals surface area contributed by atoms with Gasteiger partial charge in [0, 0.05) is 6.54 Å². The second-order valence-corrected chi connectivity index (χ2v) is 6.29. The van der Waals surface area contributed by atoms with Gasteiger partial charge in [0.05, 0.1) is 25.6 Å². The van der Waals surface area contributed by atoms with Crippen molar-refractivity contribution in [3.8, 4) is 11.5 Å². The number of rotatable bonds is 8. The van der Waals surface area contributed by atoms with Crippen molar-refractivity contribution in [2.24, 2.45) is 11.8 Å². The van der Waals surface area contributed by atoms with Crippen LogP contribution in [0, 0.1) is 11.8 Å².